The first-order valence-electron chi connectivity index (χ1n) is 40.6. The van der Waals surface area contributed by atoms with Gasteiger partial charge in [-0.2, -0.15) is 0 Å². The maximum Gasteiger partial charge on any atom is 0.343 e. The molecule has 18 aromatic rings. The van der Waals surface area contributed by atoms with Gasteiger partial charge in [0.2, 0.25) is 0 Å². The van der Waals surface area contributed by atoms with E-state index in [-0.39, 0.29) is 45.3 Å². The van der Waals surface area contributed by atoms with E-state index in [1.54, 1.807) is 48.5 Å². The molecule has 0 spiro atoms. The maximum absolute atomic E-state index is 15.4. The molecule has 0 radical (unpaired) electrons. The SMILES string of the molecule is O=C1Oc2ccc3ccccc3c2-c2c(ccc3ccccc23)OC(=O)c2cccc(c2)-c2c3nc(cc4ccc([nH]4)c(c4nc(cc5ccc2[nH]5)C=C4)-c2cccc(c2)C(=O)Oc2ccc4ccccc4c2-c2c(ccc4ccccc24)OC(=O)c2cccc(c2)-c2c4nc(cc5ccc([nH]5)c(c5nc(cc6ccc2[nH]6)C=C5)-c2cccc1c2)C=C4)C=C3. The number of rotatable bonds is 0. The molecule has 12 aromatic carbocycles. The molecule has 6 aromatic heterocycles. The van der Waals surface area contributed by atoms with Crippen LogP contribution in [0, 0.1) is 0 Å². The average molecular weight is 1600 g/mol. The van der Waals surface area contributed by atoms with Crippen LogP contribution in [0.4, 0.5) is 0 Å². The molecule has 16 heteroatoms. The van der Waals surface area contributed by atoms with Crippen LogP contribution in [0.15, 0.2) is 315 Å². The molecule has 124 heavy (non-hydrogen) atoms. The third-order valence-corrected chi connectivity index (χ3v) is 23.2. The van der Waals surface area contributed by atoms with Gasteiger partial charge in [0.1, 0.15) is 23.0 Å². The number of nitrogens with one attached hydrogen (secondary N) is 4. The van der Waals surface area contributed by atoms with Crippen LogP contribution in [0.25, 0.3) is 203 Å². The topological polar surface area (TPSA) is 220 Å². The lowest BCUT2D eigenvalue weighted by molar-refractivity contribution is 0.0723. The van der Waals surface area contributed by atoms with E-state index in [2.05, 4.69) is 19.9 Å². The van der Waals surface area contributed by atoms with Crippen molar-refractivity contribution < 1.29 is 38.1 Å². The van der Waals surface area contributed by atoms with E-state index in [9.17, 15) is 0 Å². The lowest BCUT2D eigenvalue weighted by Gasteiger charge is -2.19. The van der Waals surface area contributed by atoms with E-state index in [1.165, 1.54) is 0 Å². The van der Waals surface area contributed by atoms with Crippen molar-refractivity contribution in [2.24, 2.45) is 0 Å². The summed E-state index contributed by atoms with van der Waals surface area (Å²) in [4.78, 5) is 97.1. The molecule has 28 bridgehead atoms. The minimum Gasteiger partial charge on any atom is -0.422 e. The molecule has 0 unspecified atom stereocenters. The van der Waals surface area contributed by atoms with Crippen molar-refractivity contribution in [1.29, 1.82) is 0 Å². The highest BCUT2D eigenvalue weighted by Crippen LogP contribution is 2.50. The molecule has 16 nitrogen and oxygen atoms in total. The van der Waals surface area contributed by atoms with Crippen LogP contribution in [0.5, 0.6) is 23.0 Å². The summed E-state index contributed by atoms with van der Waals surface area (Å²) in [6.07, 6.45) is 15.7. The highest BCUT2D eigenvalue weighted by molar-refractivity contribution is 6.14. The largest absolute Gasteiger partial charge is 0.422 e. The summed E-state index contributed by atoms with van der Waals surface area (Å²) in [5, 5.41) is 6.47. The van der Waals surface area contributed by atoms with Gasteiger partial charge in [0.15, 0.2) is 0 Å². The molecule has 8 aliphatic heterocycles. The summed E-state index contributed by atoms with van der Waals surface area (Å²) in [5.41, 5.74) is 19.9. The Morgan fingerprint density at radius 3 is 0.661 bits per heavy atom. The molecule has 0 saturated carbocycles. The molecule has 0 atom stereocenters. The van der Waals surface area contributed by atoms with Crippen molar-refractivity contribution in [3.05, 3.63) is 383 Å². The zero-order chi connectivity index (χ0) is 82.6. The fourth-order valence-electron chi connectivity index (χ4n) is 17.6. The summed E-state index contributed by atoms with van der Waals surface area (Å²) in [5.74, 6) is -1.55. The Hall–Kier alpha value is -17.2. The molecular formula is C108H64N8O8. The van der Waals surface area contributed by atoms with Gasteiger partial charge in [-0.3, -0.25) is 0 Å². The van der Waals surface area contributed by atoms with E-state index >= 15 is 19.2 Å². The molecule has 14 heterocycles. The quantitative estimate of drug-likeness (QED) is 0.0823. The second-order valence-corrected chi connectivity index (χ2v) is 30.9. The van der Waals surface area contributed by atoms with Gasteiger partial charge < -0.3 is 38.9 Å². The van der Waals surface area contributed by atoms with E-state index in [4.69, 9.17) is 38.9 Å². The van der Waals surface area contributed by atoms with Crippen LogP contribution >= 0.6 is 0 Å². The van der Waals surface area contributed by atoms with Gasteiger partial charge in [-0.1, -0.05) is 170 Å². The number of aromatic amines is 4. The molecule has 0 aliphatic carbocycles. The van der Waals surface area contributed by atoms with Crippen LogP contribution < -0.4 is 18.9 Å². The van der Waals surface area contributed by atoms with Crippen LogP contribution in [-0.2, 0) is 0 Å². The Morgan fingerprint density at radius 2 is 0.419 bits per heavy atom. The van der Waals surface area contributed by atoms with E-state index in [0.717, 1.165) is 109 Å². The second-order valence-electron chi connectivity index (χ2n) is 30.9. The number of nitrogens with zero attached hydrogens (tertiary/aromatic N) is 4. The molecule has 8 aliphatic rings. The molecule has 0 saturated heterocycles. The fraction of sp³-hybridized carbons (Fsp3) is 0. The number of carbonyl (C=O) groups excluding carboxylic acids is 4. The first-order valence-corrected chi connectivity index (χ1v) is 40.6. The Kier molecular flexibility index (Phi) is 17.1. The third kappa shape index (κ3) is 13.0. The maximum atomic E-state index is 15.4. The first kappa shape index (κ1) is 72.0. The lowest BCUT2D eigenvalue weighted by atomic mass is 9.92. The molecule has 4 N–H and O–H groups in total. The van der Waals surface area contributed by atoms with Crippen LogP contribution in [-0.4, -0.2) is 63.7 Å². The molecular weight excluding hydrogens is 1540 g/mol. The van der Waals surface area contributed by atoms with Gasteiger partial charge in [0.05, 0.1) is 67.8 Å². The van der Waals surface area contributed by atoms with Crippen LogP contribution in [0.3, 0.4) is 0 Å². The Balaban J connectivity index is 0.704. The predicted octanol–water partition coefficient (Wildman–Crippen LogP) is 25.4. The van der Waals surface area contributed by atoms with Crippen molar-refractivity contribution in [3.63, 3.8) is 0 Å². The van der Waals surface area contributed by atoms with E-state index in [1.807, 2.05) is 316 Å². The minimum absolute atomic E-state index is 0.241. The monoisotopic (exact) mass is 1600 g/mol. The van der Waals surface area contributed by atoms with E-state index < -0.39 is 23.9 Å². The van der Waals surface area contributed by atoms with Gasteiger partial charge in [0.25, 0.3) is 0 Å². The number of carbonyl (C=O) groups is 4. The standard InChI is InChI=1S/C108H64N8O8/c117-105-69-21-9-17-65(53-69)97-85-41-33-73(109-85)57-77-37-45-89(113-77)99(90-46-38-78(114-90)58-74-34-42-86(97)110-74)67-19-11-23-71(55-67)107(119)123-95-51-31-63-15-3-7-27-83(63)103(95)104-84-28-8-4-16-64(84)32-52-96(104)124-108(120)72-24-12-20-68(56-72)100-91-47-39-79(115-91)59-75-35-43-87(111-75)98(88-44-36-76(112-88)60-80-40-48-92(100)116-80)66-18-10-22-70(54-66)106(118)122-94-50-30-62-14-2-6-26-82(62)102(94)101-81-25-5-1-13-61(81)29-49-93(101)121-105/h1-60,109,111,114,116H. The van der Waals surface area contributed by atoms with Gasteiger partial charge in [-0.05, 0) is 260 Å². The number of hydrogen-bond acceptors (Lipinski definition) is 12. The average Bonchev–Trinajstić information content (AvgIpc) is 0.814. The van der Waals surface area contributed by atoms with Crippen LogP contribution in [0.2, 0.25) is 0 Å². The first-order chi connectivity index (χ1) is 61.0. The molecule has 0 fully saturated rings. The summed E-state index contributed by atoms with van der Waals surface area (Å²) in [6.45, 7) is 0. The number of aromatic nitrogens is 8. The zero-order valence-corrected chi connectivity index (χ0v) is 65.7. The number of H-pyrrole nitrogens is 4. The molecule has 26 rings (SSSR count). The molecule has 584 valence electrons. The highest BCUT2D eigenvalue weighted by Gasteiger charge is 2.29. The van der Waals surface area contributed by atoms with Gasteiger partial charge >= 0.3 is 23.9 Å². The van der Waals surface area contributed by atoms with Gasteiger partial charge in [-0.25, -0.2) is 39.1 Å². The Morgan fingerprint density at radius 1 is 0.194 bits per heavy atom. The van der Waals surface area contributed by atoms with Crippen molar-refractivity contribution in [2.45, 2.75) is 0 Å². The van der Waals surface area contributed by atoms with Crippen molar-refractivity contribution in [1.82, 2.24) is 39.9 Å². The van der Waals surface area contributed by atoms with E-state index in [0.29, 0.717) is 90.1 Å². The van der Waals surface area contributed by atoms with Crippen molar-refractivity contribution in [2.75, 3.05) is 0 Å². The van der Waals surface area contributed by atoms with Crippen molar-refractivity contribution in [3.8, 4) is 89.8 Å². The Labute approximate surface area is 706 Å². The highest BCUT2D eigenvalue weighted by atomic mass is 16.5. The fourth-order valence-corrected chi connectivity index (χ4v) is 17.6. The summed E-state index contributed by atoms with van der Waals surface area (Å²) in [7, 11) is 0. The normalized spacial score (nSPS) is 13.0. The van der Waals surface area contributed by atoms with Crippen molar-refractivity contribution >= 4 is 160 Å². The summed E-state index contributed by atoms with van der Waals surface area (Å²) < 4.78 is 26.9. The minimum atomic E-state index is -0.629. The summed E-state index contributed by atoms with van der Waals surface area (Å²) in [6, 6.07) is 99.4. The van der Waals surface area contributed by atoms with Gasteiger partial charge in [0, 0.05) is 88.6 Å². The third-order valence-electron chi connectivity index (χ3n) is 23.2. The zero-order valence-electron chi connectivity index (χ0n) is 65.7. The number of esters is 4. The Bertz CT molecular complexity index is 7300. The predicted molar refractivity (Wildman–Crippen MR) is 493 cm³/mol. The lowest BCUT2D eigenvalue weighted by Crippen LogP contribution is -2.11. The second kappa shape index (κ2) is 29.4. The number of fused-ring (bicyclic) bond motifs is 4. The summed E-state index contributed by atoms with van der Waals surface area (Å²) >= 11 is 0. The van der Waals surface area contributed by atoms with Crippen LogP contribution in [0.1, 0.15) is 87.0 Å². The van der Waals surface area contributed by atoms with Gasteiger partial charge in [-0.15, -0.1) is 0 Å². The number of benzene rings is 12. The molecule has 0 amide bonds. The smallest absolute Gasteiger partial charge is 0.343 e. The number of hydrogen-bond donors (Lipinski definition) is 4. The number of ether oxygens (including phenoxy) is 4.